The number of nitrogens with zero attached hydrogens (tertiary/aromatic N) is 2. The van der Waals surface area contributed by atoms with Gasteiger partial charge in [-0.2, -0.15) is 0 Å². The minimum atomic E-state index is -0.315. The van der Waals surface area contributed by atoms with Crippen molar-refractivity contribution in [3.05, 3.63) is 54.2 Å². The molecule has 2 heterocycles. The second-order valence-corrected chi connectivity index (χ2v) is 5.48. The number of aryl methyl sites for hydroxylation is 1. The summed E-state index contributed by atoms with van der Waals surface area (Å²) in [7, 11) is 1.98. The summed E-state index contributed by atoms with van der Waals surface area (Å²) in [5, 5.41) is 6.04. The van der Waals surface area contributed by atoms with E-state index in [1.807, 2.05) is 48.9 Å². The van der Waals surface area contributed by atoms with Gasteiger partial charge in [0.05, 0.1) is 36.4 Å². The molecule has 2 aromatic heterocycles. The van der Waals surface area contributed by atoms with Crippen LogP contribution in [0.15, 0.2) is 47.1 Å². The number of fused-ring (bicyclic) bond motifs is 1. The molecule has 0 fully saturated rings. The van der Waals surface area contributed by atoms with Gasteiger partial charge in [-0.05, 0) is 31.2 Å². The highest BCUT2D eigenvalue weighted by Crippen LogP contribution is 2.14. The molecule has 6 heteroatoms. The summed E-state index contributed by atoms with van der Waals surface area (Å²) < 4.78 is 7.23. The van der Waals surface area contributed by atoms with Crippen molar-refractivity contribution in [2.75, 3.05) is 0 Å². The van der Waals surface area contributed by atoms with Gasteiger partial charge in [0.15, 0.2) is 0 Å². The molecule has 2 N–H and O–H groups in total. The van der Waals surface area contributed by atoms with Gasteiger partial charge in [0, 0.05) is 7.05 Å². The van der Waals surface area contributed by atoms with Gasteiger partial charge in [-0.25, -0.2) is 4.98 Å². The van der Waals surface area contributed by atoms with Crippen molar-refractivity contribution >= 4 is 16.9 Å². The first-order valence-electron chi connectivity index (χ1n) is 7.59. The van der Waals surface area contributed by atoms with Crippen LogP contribution in [0.4, 0.5) is 0 Å². The summed E-state index contributed by atoms with van der Waals surface area (Å²) >= 11 is 0. The molecule has 1 amide bonds. The van der Waals surface area contributed by atoms with Crippen molar-refractivity contribution in [2.24, 2.45) is 7.05 Å². The molecule has 0 saturated heterocycles. The molecule has 0 saturated carbocycles. The van der Waals surface area contributed by atoms with Crippen LogP contribution in [0.5, 0.6) is 0 Å². The Balaban J connectivity index is 1.56. The molecule has 0 aliphatic rings. The fourth-order valence-corrected chi connectivity index (χ4v) is 2.43. The first-order chi connectivity index (χ1) is 11.1. The van der Waals surface area contributed by atoms with E-state index in [-0.39, 0.29) is 11.9 Å². The topological polar surface area (TPSA) is 72.1 Å². The van der Waals surface area contributed by atoms with Crippen LogP contribution in [0, 0.1) is 0 Å². The fraction of sp³-hybridized carbons (Fsp3) is 0.294. The number of imidazole rings is 1. The summed E-state index contributed by atoms with van der Waals surface area (Å²) in [5.74, 6) is 1.57. The van der Waals surface area contributed by atoms with E-state index in [2.05, 4.69) is 15.6 Å². The molecular weight excluding hydrogens is 292 g/mol. The summed E-state index contributed by atoms with van der Waals surface area (Å²) in [4.78, 5) is 16.7. The van der Waals surface area contributed by atoms with E-state index in [1.54, 1.807) is 12.3 Å². The van der Waals surface area contributed by atoms with E-state index in [0.29, 0.717) is 13.1 Å². The van der Waals surface area contributed by atoms with Gasteiger partial charge in [-0.3, -0.25) is 10.1 Å². The highest BCUT2D eigenvalue weighted by Gasteiger charge is 2.14. The van der Waals surface area contributed by atoms with Gasteiger partial charge < -0.3 is 14.3 Å². The maximum absolute atomic E-state index is 12.1. The monoisotopic (exact) mass is 312 g/mol. The molecule has 0 spiro atoms. The van der Waals surface area contributed by atoms with E-state index in [9.17, 15) is 4.79 Å². The summed E-state index contributed by atoms with van der Waals surface area (Å²) in [5.41, 5.74) is 2.04. The van der Waals surface area contributed by atoms with E-state index in [0.717, 1.165) is 22.6 Å². The largest absolute Gasteiger partial charge is 0.467 e. The standard InChI is InChI=1S/C17H20N4O2/c1-12(17(22)19-10-13-6-5-9-23-13)18-11-16-20-14-7-3-4-8-15(14)21(16)2/h3-9,12,18H,10-11H2,1-2H3,(H,19,22). The third-order valence-electron chi connectivity index (χ3n) is 3.86. The molecule has 1 aromatic carbocycles. The number of furan rings is 1. The minimum absolute atomic E-state index is 0.0693. The molecule has 0 radical (unpaired) electrons. The highest BCUT2D eigenvalue weighted by atomic mass is 16.3. The number of carbonyl (C=O) groups is 1. The molecule has 23 heavy (non-hydrogen) atoms. The number of amides is 1. The molecule has 0 bridgehead atoms. The highest BCUT2D eigenvalue weighted by molar-refractivity contribution is 5.81. The van der Waals surface area contributed by atoms with Crippen molar-refractivity contribution in [3.8, 4) is 0 Å². The average molecular weight is 312 g/mol. The molecule has 1 atom stereocenters. The number of carbonyl (C=O) groups excluding carboxylic acids is 1. The molecule has 0 aliphatic heterocycles. The smallest absolute Gasteiger partial charge is 0.237 e. The van der Waals surface area contributed by atoms with Gasteiger partial charge in [-0.1, -0.05) is 12.1 Å². The summed E-state index contributed by atoms with van der Waals surface area (Å²) in [6, 6.07) is 11.3. The van der Waals surface area contributed by atoms with Crippen LogP contribution in [-0.4, -0.2) is 21.5 Å². The predicted octanol–water partition coefficient (Wildman–Crippen LogP) is 1.96. The fourth-order valence-electron chi connectivity index (χ4n) is 2.43. The van der Waals surface area contributed by atoms with Crippen molar-refractivity contribution < 1.29 is 9.21 Å². The Morgan fingerprint density at radius 3 is 2.83 bits per heavy atom. The van der Waals surface area contributed by atoms with Crippen LogP contribution in [0.25, 0.3) is 11.0 Å². The quantitative estimate of drug-likeness (QED) is 0.730. The van der Waals surface area contributed by atoms with Crippen LogP contribution >= 0.6 is 0 Å². The normalized spacial score (nSPS) is 12.4. The molecule has 3 aromatic rings. The minimum Gasteiger partial charge on any atom is -0.467 e. The molecule has 120 valence electrons. The van der Waals surface area contributed by atoms with Gasteiger partial charge in [0.2, 0.25) is 5.91 Å². The van der Waals surface area contributed by atoms with Crippen LogP contribution in [0.3, 0.4) is 0 Å². The van der Waals surface area contributed by atoms with Gasteiger partial charge >= 0.3 is 0 Å². The lowest BCUT2D eigenvalue weighted by atomic mass is 10.3. The zero-order chi connectivity index (χ0) is 16.2. The SMILES string of the molecule is CC(NCc1nc2ccccc2n1C)C(=O)NCc1ccco1. The first-order valence-corrected chi connectivity index (χ1v) is 7.59. The lowest BCUT2D eigenvalue weighted by molar-refractivity contribution is -0.123. The zero-order valence-corrected chi connectivity index (χ0v) is 13.2. The molecule has 0 aliphatic carbocycles. The van der Waals surface area contributed by atoms with E-state index in [1.165, 1.54) is 0 Å². The number of hydrogen-bond donors (Lipinski definition) is 2. The number of aromatic nitrogens is 2. The van der Waals surface area contributed by atoms with Crippen molar-refractivity contribution in [1.29, 1.82) is 0 Å². The van der Waals surface area contributed by atoms with E-state index < -0.39 is 0 Å². The number of hydrogen-bond acceptors (Lipinski definition) is 4. The van der Waals surface area contributed by atoms with Crippen molar-refractivity contribution in [1.82, 2.24) is 20.2 Å². The predicted molar refractivity (Wildman–Crippen MR) is 87.6 cm³/mol. The summed E-state index contributed by atoms with van der Waals surface area (Å²) in [6.45, 7) is 2.75. The zero-order valence-electron chi connectivity index (χ0n) is 13.2. The Hall–Kier alpha value is -2.60. The molecule has 3 rings (SSSR count). The second-order valence-electron chi connectivity index (χ2n) is 5.48. The number of nitrogens with one attached hydrogen (secondary N) is 2. The third-order valence-corrected chi connectivity index (χ3v) is 3.86. The van der Waals surface area contributed by atoms with Crippen molar-refractivity contribution in [3.63, 3.8) is 0 Å². The number of para-hydroxylation sites is 2. The number of benzene rings is 1. The lowest BCUT2D eigenvalue weighted by Crippen LogP contribution is -2.41. The van der Waals surface area contributed by atoms with Crippen LogP contribution in [0.1, 0.15) is 18.5 Å². The Labute approximate surface area is 134 Å². The van der Waals surface area contributed by atoms with Gasteiger partial charge in [0.25, 0.3) is 0 Å². The second kappa shape index (κ2) is 6.66. The number of rotatable bonds is 6. The maximum Gasteiger partial charge on any atom is 0.237 e. The maximum atomic E-state index is 12.1. The third kappa shape index (κ3) is 3.43. The Morgan fingerprint density at radius 1 is 1.26 bits per heavy atom. The Kier molecular flexibility index (Phi) is 4.43. The lowest BCUT2D eigenvalue weighted by Gasteiger charge is -2.13. The molecule has 1 unspecified atom stereocenters. The summed E-state index contributed by atoms with van der Waals surface area (Å²) in [6.07, 6.45) is 1.59. The molecular formula is C17H20N4O2. The Bertz CT molecular complexity index is 792. The van der Waals surface area contributed by atoms with Gasteiger partial charge in [-0.15, -0.1) is 0 Å². The van der Waals surface area contributed by atoms with E-state index in [4.69, 9.17) is 4.42 Å². The first kappa shape index (κ1) is 15.3. The Morgan fingerprint density at radius 2 is 2.09 bits per heavy atom. The average Bonchev–Trinajstić information content (AvgIpc) is 3.19. The molecule has 6 nitrogen and oxygen atoms in total. The van der Waals surface area contributed by atoms with Crippen LogP contribution < -0.4 is 10.6 Å². The van der Waals surface area contributed by atoms with Crippen LogP contribution in [0.2, 0.25) is 0 Å². The van der Waals surface area contributed by atoms with E-state index >= 15 is 0 Å². The van der Waals surface area contributed by atoms with Crippen LogP contribution in [-0.2, 0) is 24.9 Å². The van der Waals surface area contributed by atoms with Crippen molar-refractivity contribution in [2.45, 2.75) is 26.1 Å². The van der Waals surface area contributed by atoms with Gasteiger partial charge in [0.1, 0.15) is 11.6 Å².